The molecule has 1 aromatic carbocycles. The number of amides is 2. The maximum Gasteiger partial charge on any atom is 0.238 e. The monoisotopic (exact) mass is 353 g/mol. The van der Waals surface area contributed by atoms with Gasteiger partial charge in [0.15, 0.2) is 11.5 Å². The van der Waals surface area contributed by atoms with Crippen LogP contribution in [0.4, 0.5) is 0 Å². The predicted octanol–water partition coefficient (Wildman–Crippen LogP) is 2.94. The second-order valence-corrected chi connectivity index (χ2v) is 7.27. The Morgan fingerprint density at radius 3 is 2.73 bits per heavy atom. The van der Waals surface area contributed by atoms with Gasteiger partial charge in [0.05, 0.1) is 24.5 Å². The lowest BCUT2D eigenvalue weighted by Gasteiger charge is -2.28. The first-order valence-electron chi connectivity index (χ1n) is 9.17. The summed E-state index contributed by atoms with van der Waals surface area (Å²) >= 11 is 0. The molecule has 0 bridgehead atoms. The van der Waals surface area contributed by atoms with Gasteiger partial charge in [-0.15, -0.1) is 0 Å². The molecule has 0 unspecified atom stereocenters. The van der Waals surface area contributed by atoms with Crippen molar-refractivity contribution in [2.24, 2.45) is 11.3 Å². The quantitative estimate of drug-likeness (QED) is 0.827. The molecule has 1 aliphatic heterocycles. The smallest absolute Gasteiger partial charge is 0.238 e. The first-order chi connectivity index (χ1) is 12.6. The van der Waals surface area contributed by atoms with Crippen LogP contribution in [-0.2, 0) is 16.0 Å². The zero-order valence-corrected chi connectivity index (χ0v) is 14.9. The summed E-state index contributed by atoms with van der Waals surface area (Å²) in [5.74, 6) is 0.487. The normalized spacial score (nSPS) is 27.5. The molecule has 5 nitrogen and oxygen atoms in total. The number of carbonyl (C=O) groups is 2. The summed E-state index contributed by atoms with van der Waals surface area (Å²) in [4.78, 5) is 24.7. The third kappa shape index (κ3) is 2.81. The van der Waals surface area contributed by atoms with Crippen LogP contribution in [0.5, 0.6) is 11.5 Å². The minimum absolute atomic E-state index is 0.221. The van der Waals surface area contributed by atoms with Crippen LogP contribution < -0.4 is 14.8 Å². The number of benzene rings is 1. The molecule has 2 amide bonds. The second-order valence-electron chi connectivity index (χ2n) is 7.27. The molecule has 2 aliphatic carbocycles. The highest BCUT2D eigenvalue weighted by Crippen LogP contribution is 2.42. The van der Waals surface area contributed by atoms with Gasteiger partial charge in [0.1, 0.15) is 0 Å². The third-order valence-corrected chi connectivity index (χ3v) is 5.63. The van der Waals surface area contributed by atoms with Crippen molar-refractivity contribution >= 4 is 11.8 Å². The average molecular weight is 353 g/mol. The van der Waals surface area contributed by atoms with Crippen LogP contribution in [0.15, 0.2) is 42.5 Å². The molecule has 5 heteroatoms. The number of fused-ring (bicyclic) bond motifs is 1. The van der Waals surface area contributed by atoms with E-state index < -0.39 is 11.3 Å². The molecule has 1 saturated carbocycles. The van der Waals surface area contributed by atoms with Gasteiger partial charge in [0.25, 0.3) is 0 Å². The molecule has 2 atom stereocenters. The van der Waals surface area contributed by atoms with Crippen molar-refractivity contribution < 1.29 is 19.1 Å². The average Bonchev–Trinajstić information content (AvgIpc) is 3.23. The number of methoxy groups -OCH3 is 1. The molecular formula is C21H23NO4. The minimum Gasteiger partial charge on any atom is -0.493 e. The van der Waals surface area contributed by atoms with Crippen LogP contribution in [0.3, 0.4) is 0 Å². The molecule has 1 heterocycles. The first-order valence-corrected chi connectivity index (χ1v) is 9.17. The SMILES string of the molecule is COc1ccc(C[C@]23C=CC=C[C@H]2C(=O)NC3=O)cc1OC1CCCC1. The molecule has 1 saturated heterocycles. The zero-order valence-electron chi connectivity index (χ0n) is 14.9. The summed E-state index contributed by atoms with van der Waals surface area (Å²) in [5, 5.41) is 2.48. The number of hydrogen-bond donors (Lipinski definition) is 1. The number of rotatable bonds is 5. The Balaban J connectivity index is 1.63. The molecule has 2 fully saturated rings. The van der Waals surface area contributed by atoms with Gasteiger partial charge >= 0.3 is 0 Å². The van der Waals surface area contributed by atoms with Gasteiger partial charge < -0.3 is 9.47 Å². The maximum atomic E-state index is 12.6. The third-order valence-electron chi connectivity index (χ3n) is 5.63. The van der Waals surface area contributed by atoms with Gasteiger partial charge in [-0.25, -0.2) is 0 Å². The summed E-state index contributed by atoms with van der Waals surface area (Å²) in [5.41, 5.74) is 0.0963. The van der Waals surface area contributed by atoms with Crippen molar-refractivity contribution in [2.45, 2.75) is 38.2 Å². The summed E-state index contributed by atoms with van der Waals surface area (Å²) in [6, 6.07) is 5.77. The van der Waals surface area contributed by atoms with Crippen LogP contribution in [0.2, 0.25) is 0 Å². The van der Waals surface area contributed by atoms with Crippen LogP contribution in [-0.4, -0.2) is 25.0 Å². The van der Waals surface area contributed by atoms with Crippen molar-refractivity contribution in [3.05, 3.63) is 48.1 Å². The number of hydrogen-bond acceptors (Lipinski definition) is 4. The first kappa shape index (κ1) is 16.9. The fourth-order valence-corrected chi connectivity index (χ4v) is 4.22. The van der Waals surface area contributed by atoms with Gasteiger partial charge in [-0.2, -0.15) is 0 Å². The lowest BCUT2D eigenvalue weighted by Crippen LogP contribution is -2.35. The highest BCUT2D eigenvalue weighted by Gasteiger charge is 2.53. The fraction of sp³-hybridized carbons (Fsp3) is 0.429. The highest BCUT2D eigenvalue weighted by molar-refractivity contribution is 6.09. The Morgan fingerprint density at radius 1 is 1.15 bits per heavy atom. The largest absolute Gasteiger partial charge is 0.493 e. The molecular weight excluding hydrogens is 330 g/mol. The van der Waals surface area contributed by atoms with Gasteiger partial charge in [0.2, 0.25) is 11.8 Å². The van der Waals surface area contributed by atoms with E-state index >= 15 is 0 Å². The van der Waals surface area contributed by atoms with Crippen molar-refractivity contribution in [3.63, 3.8) is 0 Å². The number of ether oxygens (including phenoxy) is 2. The summed E-state index contributed by atoms with van der Waals surface area (Å²) < 4.78 is 11.6. The Kier molecular flexibility index (Phi) is 4.31. The Hall–Kier alpha value is -2.56. The molecule has 26 heavy (non-hydrogen) atoms. The summed E-state index contributed by atoms with van der Waals surface area (Å²) in [6.07, 6.45) is 12.5. The molecule has 0 spiro atoms. The summed E-state index contributed by atoms with van der Waals surface area (Å²) in [7, 11) is 1.63. The Bertz CT molecular complexity index is 791. The number of nitrogens with one attached hydrogen (secondary N) is 1. The molecule has 1 N–H and O–H groups in total. The number of allylic oxidation sites excluding steroid dienone is 2. The molecule has 4 rings (SSSR count). The van der Waals surface area contributed by atoms with Crippen LogP contribution in [0.25, 0.3) is 0 Å². The molecule has 1 aromatic rings. The topological polar surface area (TPSA) is 64.6 Å². The van der Waals surface area contributed by atoms with E-state index in [1.54, 1.807) is 13.2 Å². The lowest BCUT2D eigenvalue weighted by atomic mass is 9.70. The lowest BCUT2D eigenvalue weighted by molar-refractivity contribution is -0.127. The van der Waals surface area contributed by atoms with Crippen molar-refractivity contribution in [1.29, 1.82) is 0 Å². The number of imide groups is 1. The predicted molar refractivity (Wildman–Crippen MR) is 96.9 cm³/mol. The zero-order chi connectivity index (χ0) is 18.1. The van der Waals surface area contributed by atoms with Crippen molar-refractivity contribution in [1.82, 2.24) is 5.32 Å². The van der Waals surface area contributed by atoms with E-state index in [1.807, 2.05) is 36.4 Å². The van der Waals surface area contributed by atoms with Crippen LogP contribution in [0, 0.1) is 11.3 Å². The molecule has 3 aliphatic rings. The molecule has 0 radical (unpaired) electrons. The highest BCUT2D eigenvalue weighted by atomic mass is 16.5. The maximum absolute atomic E-state index is 12.6. The minimum atomic E-state index is -0.856. The van der Waals surface area contributed by atoms with E-state index in [4.69, 9.17) is 9.47 Å². The Labute approximate surface area is 153 Å². The van der Waals surface area contributed by atoms with Gasteiger partial charge in [-0.3, -0.25) is 14.9 Å². The fourth-order valence-electron chi connectivity index (χ4n) is 4.22. The van der Waals surface area contributed by atoms with Gasteiger partial charge in [-0.1, -0.05) is 30.4 Å². The van der Waals surface area contributed by atoms with Gasteiger partial charge in [0, 0.05) is 0 Å². The van der Waals surface area contributed by atoms with E-state index in [-0.39, 0.29) is 17.9 Å². The standard InChI is InChI=1S/C21H23NO4/c1-25-17-10-9-14(12-18(17)26-15-6-2-3-7-15)13-21-11-5-4-8-16(21)19(23)22-20(21)24/h4-5,8-12,15-16H,2-3,6-7,13H2,1H3,(H,22,23,24)/t16-,21+/m0/s1. The van der Waals surface area contributed by atoms with Crippen molar-refractivity contribution in [3.8, 4) is 11.5 Å². The van der Waals surface area contributed by atoms with E-state index in [0.717, 1.165) is 18.4 Å². The molecule has 0 aromatic heterocycles. The van der Waals surface area contributed by atoms with E-state index in [0.29, 0.717) is 17.9 Å². The van der Waals surface area contributed by atoms with Crippen molar-refractivity contribution in [2.75, 3.05) is 7.11 Å². The van der Waals surface area contributed by atoms with E-state index in [1.165, 1.54) is 12.8 Å². The second kappa shape index (κ2) is 6.63. The van der Waals surface area contributed by atoms with Crippen LogP contribution >= 0.6 is 0 Å². The number of carbonyl (C=O) groups excluding carboxylic acids is 2. The summed E-state index contributed by atoms with van der Waals surface area (Å²) in [6.45, 7) is 0. The van der Waals surface area contributed by atoms with Crippen LogP contribution in [0.1, 0.15) is 31.2 Å². The Morgan fingerprint density at radius 2 is 1.96 bits per heavy atom. The van der Waals surface area contributed by atoms with E-state index in [2.05, 4.69) is 5.32 Å². The van der Waals surface area contributed by atoms with E-state index in [9.17, 15) is 9.59 Å². The molecule has 136 valence electrons. The van der Waals surface area contributed by atoms with Gasteiger partial charge in [-0.05, 0) is 49.8 Å².